The maximum atomic E-state index is 12.6. The van der Waals surface area contributed by atoms with E-state index in [1.165, 1.54) is 0 Å². The molecule has 1 saturated heterocycles. The summed E-state index contributed by atoms with van der Waals surface area (Å²) in [5, 5.41) is 4.44. The second-order valence-corrected chi connectivity index (χ2v) is 10.9. The number of nitrogens with one attached hydrogen (secondary N) is 1. The Morgan fingerprint density at radius 2 is 1.79 bits per heavy atom. The molecule has 2 amide bonds. The number of halogens is 2. The number of hydrogen-bond donors (Lipinski definition) is 1. The van der Waals surface area contributed by atoms with Gasteiger partial charge in [-0.15, -0.1) is 0 Å². The van der Waals surface area contributed by atoms with E-state index in [1.807, 2.05) is 60.1 Å². The number of urea groups is 1. The van der Waals surface area contributed by atoms with Crippen LogP contribution in [0.25, 0.3) is 28.2 Å². The molecule has 8 nitrogen and oxygen atoms in total. The number of fused-ring (bicyclic) bond motifs is 1. The van der Waals surface area contributed by atoms with E-state index in [9.17, 15) is 4.79 Å². The number of benzene rings is 2. The summed E-state index contributed by atoms with van der Waals surface area (Å²) >= 11 is 12.8. The van der Waals surface area contributed by atoms with Crippen molar-refractivity contribution in [2.75, 3.05) is 31.6 Å². The van der Waals surface area contributed by atoms with Gasteiger partial charge >= 0.3 is 6.03 Å². The Balaban J connectivity index is 1.46. The van der Waals surface area contributed by atoms with E-state index >= 15 is 0 Å². The number of rotatable bonds is 6. The fourth-order valence-corrected chi connectivity index (χ4v) is 5.27. The molecule has 1 aliphatic rings. The van der Waals surface area contributed by atoms with Gasteiger partial charge in [-0.05, 0) is 55.2 Å². The lowest BCUT2D eigenvalue weighted by molar-refractivity contribution is 0.197. The molecule has 198 valence electrons. The van der Waals surface area contributed by atoms with Crippen molar-refractivity contribution >= 4 is 46.2 Å². The minimum absolute atomic E-state index is 0.0207. The minimum atomic E-state index is -0.0207. The molecule has 0 bridgehead atoms. The fourth-order valence-electron chi connectivity index (χ4n) is 4.92. The first-order valence-corrected chi connectivity index (χ1v) is 13.6. The molecule has 0 unspecified atom stereocenters. The van der Waals surface area contributed by atoms with Gasteiger partial charge in [0.25, 0.3) is 0 Å². The van der Waals surface area contributed by atoms with Gasteiger partial charge in [0.15, 0.2) is 17.0 Å². The molecular weight excluding hydrogens is 521 g/mol. The molecule has 2 aromatic heterocycles. The molecule has 38 heavy (non-hydrogen) atoms. The topological polar surface area (TPSA) is 79.2 Å². The van der Waals surface area contributed by atoms with Crippen molar-refractivity contribution in [3.8, 4) is 17.1 Å². The van der Waals surface area contributed by atoms with Crippen LogP contribution >= 0.6 is 23.2 Å². The highest BCUT2D eigenvalue weighted by molar-refractivity contribution is 6.33. The molecule has 1 fully saturated rings. The van der Waals surface area contributed by atoms with Crippen molar-refractivity contribution in [1.82, 2.24) is 29.7 Å². The number of imidazole rings is 1. The van der Waals surface area contributed by atoms with Gasteiger partial charge in [0, 0.05) is 49.0 Å². The number of piperidine rings is 1. The van der Waals surface area contributed by atoms with Crippen LogP contribution < -0.4 is 10.2 Å². The summed E-state index contributed by atoms with van der Waals surface area (Å²) in [4.78, 5) is 30.9. The molecule has 0 saturated carbocycles. The van der Waals surface area contributed by atoms with Gasteiger partial charge in [-0.3, -0.25) is 4.57 Å². The summed E-state index contributed by atoms with van der Waals surface area (Å²) < 4.78 is 2.00. The van der Waals surface area contributed by atoms with Crippen LogP contribution in [0.15, 0.2) is 54.9 Å². The fraction of sp³-hybridized carbons (Fsp3) is 0.357. The molecule has 0 atom stereocenters. The Bertz CT molecular complexity index is 1430. The largest absolute Gasteiger partial charge is 0.355 e. The minimum Gasteiger partial charge on any atom is -0.355 e. The monoisotopic (exact) mass is 551 g/mol. The summed E-state index contributed by atoms with van der Waals surface area (Å²) in [5.41, 5.74) is 3.08. The van der Waals surface area contributed by atoms with E-state index in [0.29, 0.717) is 33.0 Å². The first kappa shape index (κ1) is 26.3. The van der Waals surface area contributed by atoms with E-state index in [1.54, 1.807) is 11.2 Å². The summed E-state index contributed by atoms with van der Waals surface area (Å²) in [6, 6.07) is 15.3. The van der Waals surface area contributed by atoms with Crippen LogP contribution in [0.5, 0.6) is 0 Å². The zero-order valence-electron chi connectivity index (χ0n) is 21.7. The zero-order chi connectivity index (χ0) is 26.8. The highest BCUT2D eigenvalue weighted by Gasteiger charge is 2.27. The Morgan fingerprint density at radius 1 is 1.08 bits per heavy atom. The van der Waals surface area contributed by atoms with Crippen LogP contribution in [0.2, 0.25) is 10.0 Å². The second kappa shape index (κ2) is 11.2. The summed E-state index contributed by atoms with van der Waals surface area (Å²) in [7, 11) is 1.84. The van der Waals surface area contributed by atoms with Crippen molar-refractivity contribution in [2.24, 2.45) is 5.92 Å². The second-order valence-electron chi connectivity index (χ2n) is 10.1. The molecule has 0 radical (unpaired) electrons. The van der Waals surface area contributed by atoms with Crippen LogP contribution in [0.4, 0.5) is 10.6 Å². The number of nitrogens with zero attached hydrogens (tertiary/aromatic N) is 6. The normalized spacial score (nSPS) is 14.3. The van der Waals surface area contributed by atoms with Crippen LogP contribution in [0, 0.1) is 5.92 Å². The van der Waals surface area contributed by atoms with E-state index in [2.05, 4.69) is 34.0 Å². The lowest BCUT2D eigenvalue weighted by Crippen LogP contribution is -2.49. The molecule has 3 heterocycles. The third-order valence-electron chi connectivity index (χ3n) is 6.73. The van der Waals surface area contributed by atoms with E-state index in [-0.39, 0.29) is 12.1 Å². The van der Waals surface area contributed by atoms with Crippen molar-refractivity contribution < 1.29 is 4.79 Å². The van der Waals surface area contributed by atoms with Crippen molar-refractivity contribution in [2.45, 2.75) is 32.7 Å². The van der Waals surface area contributed by atoms with Gasteiger partial charge in [-0.1, -0.05) is 49.2 Å². The standard InChI is InChI=1S/C28H31Cl2N7O/c1-18(2)16-35(3)28(38)33-20-12-14-36(15-13-20)26-24-27(32-17-31-26)37(21-10-8-19(29)9-11-21)25(34-24)22-6-4-5-7-23(22)30/h4-11,17-18,20H,12-16H2,1-3H3,(H,33,38). The third kappa shape index (κ3) is 5.42. The lowest BCUT2D eigenvalue weighted by atomic mass is 10.1. The third-order valence-corrected chi connectivity index (χ3v) is 7.31. The number of amides is 2. The Hall–Kier alpha value is -3.36. The van der Waals surface area contributed by atoms with E-state index in [4.69, 9.17) is 28.2 Å². The van der Waals surface area contributed by atoms with Crippen LogP contribution in [0.3, 0.4) is 0 Å². The van der Waals surface area contributed by atoms with Crippen molar-refractivity contribution in [3.05, 3.63) is 64.9 Å². The van der Waals surface area contributed by atoms with Crippen molar-refractivity contribution in [1.29, 1.82) is 0 Å². The SMILES string of the molecule is CC(C)CN(C)C(=O)NC1CCN(c2ncnc3c2nc(-c2ccccc2Cl)n3-c2ccc(Cl)cc2)CC1. The quantitative estimate of drug-likeness (QED) is 0.315. The number of hydrogen-bond acceptors (Lipinski definition) is 5. The highest BCUT2D eigenvalue weighted by Crippen LogP contribution is 2.35. The smallest absolute Gasteiger partial charge is 0.317 e. The number of aromatic nitrogens is 4. The lowest BCUT2D eigenvalue weighted by Gasteiger charge is -2.34. The summed E-state index contributed by atoms with van der Waals surface area (Å²) in [5.74, 6) is 1.89. The first-order valence-electron chi connectivity index (χ1n) is 12.8. The summed E-state index contributed by atoms with van der Waals surface area (Å²) in [6.45, 7) is 6.44. The maximum Gasteiger partial charge on any atom is 0.317 e. The number of carbonyl (C=O) groups excluding carboxylic acids is 1. The Morgan fingerprint density at radius 3 is 2.47 bits per heavy atom. The molecule has 10 heteroatoms. The average molecular weight is 553 g/mol. The number of carbonyl (C=O) groups is 1. The predicted molar refractivity (Wildman–Crippen MR) is 153 cm³/mol. The van der Waals surface area contributed by atoms with E-state index in [0.717, 1.165) is 49.5 Å². The molecule has 0 aliphatic carbocycles. The molecular formula is C28H31Cl2N7O. The average Bonchev–Trinajstić information content (AvgIpc) is 3.29. The highest BCUT2D eigenvalue weighted by atomic mass is 35.5. The predicted octanol–water partition coefficient (Wildman–Crippen LogP) is 6.06. The number of anilines is 1. The molecule has 5 rings (SSSR count). The molecule has 2 aromatic carbocycles. The molecule has 4 aromatic rings. The van der Waals surface area contributed by atoms with Gasteiger partial charge in [0.05, 0.1) is 5.02 Å². The van der Waals surface area contributed by atoms with Gasteiger partial charge in [0.1, 0.15) is 12.2 Å². The van der Waals surface area contributed by atoms with Crippen LogP contribution in [-0.2, 0) is 0 Å². The van der Waals surface area contributed by atoms with Crippen LogP contribution in [0.1, 0.15) is 26.7 Å². The first-order chi connectivity index (χ1) is 18.3. The maximum absolute atomic E-state index is 12.6. The van der Waals surface area contributed by atoms with E-state index < -0.39 is 0 Å². The van der Waals surface area contributed by atoms with Gasteiger partial charge in [-0.25, -0.2) is 19.7 Å². The Labute approximate surface area is 232 Å². The van der Waals surface area contributed by atoms with Crippen molar-refractivity contribution in [3.63, 3.8) is 0 Å². The van der Waals surface area contributed by atoms with Crippen LogP contribution in [-0.4, -0.2) is 63.2 Å². The van der Waals surface area contributed by atoms with Gasteiger partial charge in [-0.2, -0.15) is 0 Å². The van der Waals surface area contributed by atoms with Gasteiger partial charge in [0.2, 0.25) is 0 Å². The van der Waals surface area contributed by atoms with Gasteiger partial charge < -0.3 is 15.1 Å². The molecule has 0 spiro atoms. The molecule has 1 aliphatic heterocycles. The zero-order valence-corrected chi connectivity index (χ0v) is 23.2. The summed E-state index contributed by atoms with van der Waals surface area (Å²) in [6.07, 6.45) is 3.22. The molecule has 1 N–H and O–H groups in total. The Kier molecular flexibility index (Phi) is 7.72.